The van der Waals surface area contributed by atoms with Crippen LogP contribution in [0.15, 0.2) is 0 Å². The predicted octanol–water partition coefficient (Wildman–Crippen LogP) is -0.482. The molecule has 2 heterocycles. The van der Waals surface area contributed by atoms with Gasteiger partial charge in [0, 0.05) is 26.2 Å². The molecule has 2 aliphatic heterocycles. The van der Waals surface area contributed by atoms with E-state index in [2.05, 4.69) is 5.32 Å². The number of nitrogens with one attached hydrogen (secondary N) is 1. The summed E-state index contributed by atoms with van der Waals surface area (Å²) in [6.07, 6.45) is 2.41. The first-order valence-corrected chi connectivity index (χ1v) is 5.16. The van der Waals surface area contributed by atoms with Crippen LogP contribution in [0.5, 0.6) is 0 Å². The molecule has 2 atom stereocenters. The van der Waals surface area contributed by atoms with E-state index in [-0.39, 0.29) is 18.2 Å². The van der Waals surface area contributed by atoms with Crippen LogP contribution in [0.2, 0.25) is 0 Å². The monoisotopic (exact) mass is 199 g/mol. The van der Waals surface area contributed by atoms with Gasteiger partial charge in [-0.05, 0) is 12.8 Å². The summed E-state index contributed by atoms with van der Waals surface area (Å²) in [4.78, 5) is 13.2. The molecule has 2 aliphatic rings. The van der Waals surface area contributed by atoms with Crippen LogP contribution in [0.1, 0.15) is 12.8 Å². The molecule has 5 nitrogen and oxygen atoms in total. The average Bonchev–Trinajstić information content (AvgIpc) is 2.78. The summed E-state index contributed by atoms with van der Waals surface area (Å²) in [7, 11) is 0. The zero-order valence-corrected chi connectivity index (χ0v) is 8.24. The van der Waals surface area contributed by atoms with Gasteiger partial charge in [0.15, 0.2) is 0 Å². The highest BCUT2D eigenvalue weighted by atomic mass is 16.5. The van der Waals surface area contributed by atoms with Crippen molar-refractivity contribution in [2.45, 2.75) is 25.0 Å². The van der Waals surface area contributed by atoms with Gasteiger partial charge in [-0.1, -0.05) is 0 Å². The number of nitrogens with two attached hydrogens (primary N) is 1. The Bertz CT molecular complexity index is 216. The lowest BCUT2D eigenvalue weighted by atomic mass is 10.2. The Labute approximate surface area is 83.6 Å². The van der Waals surface area contributed by atoms with Crippen molar-refractivity contribution in [2.75, 3.05) is 26.2 Å². The van der Waals surface area contributed by atoms with Crippen molar-refractivity contribution in [3.05, 3.63) is 0 Å². The lowest BCUT2D eigenvalue weighted by molar-refractivity contribution is 0.0865. The van der Waals surface area contributed by atoms with Crippen LogP contribution in [0.25, 0.3) is 0 Å². The van der Waals surface area contributed by atoms with E-state index in [4.69, 9.17) is 10.5 Å². The van der Waals surface area contributed by atoms with Gasteiger partial charge in [0.25, 0.3) is 0 Å². The van der Waals surface area contributed by atoms with Crippen LogP contribution in [0, 0.1) is 0 Å². The molecule has 0 aromatic rings. The van der Waals surface area contributed by atoms with Gasteiger partial charge in [0.05, 0.1) is 12.1 Å². The van der Waals surface area contributed by atoms with Crippen LogP contribution in [-0.4, -0.2) is 49.3 Å². The molecule has 2 unspecified atom stereocenters. The molecule has 0 bridgehead atoms. The Morgan fingerprint density at radius 2 is 2.50 bits per heavy atom. The standard InChI is InChI=1S/C9H17N3O2/c10-4-7-5-12(9(13)11-7)6-8-2-1-3-14-8/h7-8H,1-6,10H2,(H,11,13). The van der Waals surface area contributed by atoms with Gasteiger partial charge in [0.2, 0.25) is 0 Å². The maximum absolute atomic E-state index is 11.4. The van der Waals surface area contributed by atoms with Gasteiger partial charge >= 0.3 is 6.03 Å². The van der Waals surface area contributed by atoms with Crippen LogP contribution in [0.3, 0.4) is 0 Å². The molecular weight excluding hydrogens is 182 g/mol. The van der Waals surface area contributed by atoms with E-state index in [1.54, 1.807) is 4.90 Å². The molecule has 5 heteroatoms. The van der Waals surface area contributed by atoms with Gasteiger partial charge in [-0.15, -0.1) is 0 Å². The minimum Gasteiger partial charge on any atom is -0.376 e. The van der Waals surface area contributed by atoms with Crippen LogP contribution >= 0.6 is 0 Å². The number of hydrogen-bond acceptors (Lipinski definition) is 3. The molecule has 2 fully saturated rings. The van der Waals surface area contributed by atoms with Crippen molar-refractivity contribution < 1.29 is 9.53 Å². The number of nitrogens with zero attached hydrogens (tertiary/aromatic N) is 1. The summed E-state index contributed by atoms with van der Waals surface area (Å²) in [6, 6.07) is 0.111. The Balaban J connectivity index is 1.82. The minimum absolute atomic E-state index is 0.00375. The largest absolute Gasteiger partial charge is 0.376 e. The van der Waals surface area contributed by atoms with Crippen molar-refractivity contribution in [1.29, 1.82) is 0 Å². The fourth-order valence-electron chi connectivity index (χ4n) is 1.99. The van der Waals surface area contributed by atoms with E-state index in [1.165, 1.54) is 0 Å². The Kier molecular flexibility index (Phi) is 2.88. The number of hydrogen-bond donors (Lipinski definition) is 2. The number of carbonyl (C=O) groups is 1. The maximum atomic E-state index is 11.4. The number of rotatable bonds is 3. The zero-order valence-electron chi connectivity index (χ0n) is 8.24. The molecule has 0 aliphatic carbocycles. The summed E-state index contributed by atoms with van der Waals surface area (Å²) in [6.45, 7) is 2.77. The van der Waals surface area contributed by atoms with Crippen molar-refractivity contribution in [2.24, 2.45) is 5.73 Å². The lowest BCUT2D eigenvalue weighted by Gasteiger charge is -2.18. The average molecular weight is 199 g/mol. The van der Waals surface area contributed by atoms with E-state index in [0.717, 1.165) is 26.0 Å². The minimum atomic E-state index is -0.00375. The van der Waals surface area contributed by atoms with E-state index in [0.29, 0.717) is 13.1 Å². The first-order chi connectivity index (χ1) is 6.79. The Morgan fingerprint density at radius 3 is 3.07 bits per heavy atom. The third kappa shape index (κ3) is 1.99. The quantitative estimate of drug-likeness (QED) is 0.645. The van der Waals surface area contributed by atoms with Crippen molar-refractivity contribution in [3.8, 4) is 0 Å². The summed E-state index contributed by atoms with van der Waals surface area (Å²) < 4.78 is 5.48. The summed E-state index contributed by atoms with van der Waals surface area (Å²) in [5.41, 5.74) is 5.49. The van der Waals surface area contributed by atoms with Crippen LogP contribution in [-0.2, 0) is 4.74 Å². The molecule has 0 radical (unpaired) electrons. The highest BCUT2D eigenvalue weighted by Gasteiger charge is 2.30. The topological polar surface area (TPSA) is 67.6 Å². The molecular formula is C9H17N3O2. The molecule has 0 aromatic carbocycles. The molecule has 0 aromatic heterocycles. The number of carbonyl (C=O) groups excluding carboxylic acids is 1. The number of urea groups is 1. The van der Waals surface area contributed by atoms with Gasteiger partial charge in [-0.25, -0.2) is 4.79 Å². The third-order valence-corrected chi connectivity index (χ3v) is 2.79. The fourth-order valence-corrected chi connectivity index (χ4v) is 1.99. The normalized spacial score (nSPS) is 32.4. The molecule has 2 saturated heterocycles. The highest BCUT2D eigenvalue weighted by molar-refractivity contribution is 5.76. The maximum Gasteiger partial charge on any atom is 0.317 e. The van der Waals surface area contributed by atoms with Gasteiger partial charge < -0.3 is 20.7 Å². The molecule has 2 rings (SSSR count). The highest BCUT2D eigenvalue weighted by Crippen LogP contribution is 2.15. The second-order valence-electron chi connectivity index (χ2n) is 3.92. The Morgan fingerprint density at radius 1 is 1.64 bits per heavy atom. The summed E-state index contributed by atoms with van der Waals surface area (Å²) in [5, 5.41) is 2.83. The molecule has 2 amide bonds. The van der Waals surface area contributed by atoms with Crippen LogP contribution in [0.4, 0.5) is 4.79 Å². The second kappa shape index (κ2) is 4.14. The molecule has 80 valence electrons. The number of amides is 2. The predicted molar refractivity (Wildman–Crippen MR) is 51.9 cm³/mol. The lowest BCUT2D eigenvalue weighted by Crippen LogP contribution is -2.34. The Hall–Kier alpha value is -0.810. The van der Waals surface area contributed by atoms with Crippen molar-refractivity contribution in [1.82, 2.24) is 10.2 Å². The summed E-state index contributed by atoms with van der Waals surface area (Å²) >= 11 is 0. The molecule has 0 spiro atoms. The zero-order chi connectivity index (χ0) is 9.97. The SMILES string of the molecule is NCC1CN(CC2CCCO2)C(=O)N1. The first kappa shape index (κ1) is 9.73. The van der Waals surface area contributed by atoms with Gasteiger partial charge in [-0.2, -0.15) is 0 Å². The second-order valence-corrected chi connectivity index (χ2v) is 3.92. The molecule has 14 heavy (non-hydrogen) atoms. The summed E-state index contributed by atoms with van der Waals surface area (Å²) in [5.74, 6) is 0. The fraction of sp³-hybridized carbons (Fsp3) is 0.889. The van der Waals surface area contributed by atoms with Gasteiger partial charge in [0.1, 0.15) is 0 Å². The number of ether oxygens (including phenoxy) is 1. The van der Waals surface area contributed by atoms with E-state index >= 15 is 0 Å². The van der Waals surface area contributed by atoms with Gasteiger partial charge in [-0.3, -0.25) is 0 Å². The van der Waals surface area contributed by atoms with Crippen molar-refractivity contribution in [3.63, 3.8) is 0 Å². The molecule has 0 saturated carbocycles. The first-order valence-electron chi connectivity index (χ1n) is 5.16. The van der Waals surface area contributed by atoms with E-state index < -0.39 is 0 Å². The molecule has 3 N–H and O–H groups in total. The van der Waals surface area contributed by atoms with Crippen molar-refractivity contribution >= 4 is 6.03 Å². The van der Waals surface area contributed by atoms with E-state index in [9.17, 15) is 4.79 Å². The smallest absolute Gasteiger partial charge is 0.317 e. The van der Waals surface area contributed by atoms with E-state index in [1.807, 2.05) is 0 Å². The third-order valence-electron chi connectivity index (χ3n) is 2.79. The van der Waals surface area contributed by atoms with Crippen LogP contribution < -0.4 is 11.1 Å².